The smallest absolute Gasteiger partial charge is 0.118 e. The molecule has 2 rings (SSSR count). The first-order chi connectivity index (χ1) is 8.29. The molecule has 0 radical (unpaired) electrons. The highest BCUT2D eigenvalue weighted by Gasteiger charge is 2.10. The second kappa shape index (κ2) is 5.75. The lowest BCUT2D eigenvalue weighted by Gasteiger charge is -2.07. The predicted octanol–water partition coefficient (Wildman–Crippen LogP) is 2.21. The Morgan fingerprint density at radius 3 is 2.71 bits per heavy atom. The molecule has 0 bridgehead atoms. The normalized spacial score (nSPS) is 12.4. The molecule has 1 aromatic carbocycles. The van der Waals surface area contributed by atoms with E-state index in [1.54, 1.807) is 13.3 Å². The average molecular weight is 250 g/mol. The SMILES string of the molecule is COc1ccc(CCC(O)c2cnsn2)cc1. The van der Waals surface area contributed by atoms with Crippen LogP contribution < -0.4 is 4.74 Å². The van der Waals surface area contributed by atoms with Crippen molar-refractivity contribution in [2.24, 2.45) is 0 Å². The highest BCUT2D eigenvalue weighted by atomic mass is 32.1. The van der Waals surface area contributed by atoms with Crippen LogP contribution in [0.5, 0.6) is 5.75 Å². The van der Waals surface area contributed by atoms with Crippen molar-refractivity contribution in [3.8, 4) is 5.75 Å². The van der Waals surface area contributed by atoms with Crippen LogP contribution in [0, 0.1) is 0 Å². The molecule has 1 aromatic heterocycles. The van der Waals surface area contributed by atoms with Gasteiger partial charge in [-0.25, -0.2) is 0 Å². The van der Waals surface area contributed by atoms with Crippen LogP contribution in [-0.2, 0) is 6.42 Å². The minimum absolute atomic E-state index is 0.532. The predicted molar refractivity (Wildman–Crippen MR) is 66.2 cm³/mol. The number of aliphatic hydroxyl groups excluding tert-OH is 1. The van der Waals surface area contributed by atoms with E-state index >= 15 is 0 Å². The highest BCUT2D eigenvalue weighted by Crippen LogP contribution is 2.18. The Balaban J connectivity index is 1.89. The van der Waals surface area contributed by atoms with Crippen LogP contribution in [0.3, 0.4) is 0 Å². The molecule has 0 aliphatic carbocycles. The fourth-order valence-electron chi connectivity index (χ4n) is 1.56. The van der Waals surface area contributed by atoms with Crippen molar-refractivity contribution < 1.29 is 9.84 Å². The second-order valence-electron chi connectivity index (χ2n) is 3.73. The van der Waals surface area contributed by atoms with Gasteiger partial charge in [0, 0.05) is 0 Å². The molecular formula is C12H14N2O2S. The third-order valence-electron chi connectivity index (χ3n) is 2.59. The molecule has 0 aliphatic rings. The Bertz CT molecular complexity index is 442. The lowest BCUT2D eigenvalue weighted by molar-refractivity contribution is 0.164. The third-order valence-corrected chi connectivity index (χ3v) is 3.08. The van der Waals surface area contributed by atoms with Crippen molar-refractivity contribution in [3.05, 3.63) is 41.7 Å². The van der Waals surface area contributed by atoms with E-state index in [9.17, 15) is 5.11 Å². The summed E-state index contributed by atoms with van der Waals surface area (Å²) in [6.07, 6.45) is 2.54. The van der Waals surface area contributed by atoms with Gasteiger partial charge in [-0.2, -0.15) is 8.75 Å². The number of aryl methyl sites for hydroxylation is 1. The Hall–Kier alpha value is -1.46. The van der Waals surface area contributed by atoms with E-state index in [2.05, 4.69) is 8.75 Å². The summed E-state index contributed by atoms with van der Waals surface area (Å²) >= 11 is 1.12. The molecule has 90 valence electrons. The van der Waals surface area contributed by atoms with E-state index in [-0.39, 0.29) is 0 Å². The van der Waals surface area contributed by atoms with Crippen LogP contribution >= 0.6 is 11.7 Å². The van der Waals surface area contributed by atoms with E-state index in [0.29, 0.717) is 12.1 Å². The fraction of sp³-hybridized carbons (Fsp3) is 0.333. The topological polar surface area (TPSA) is 55.2 Å². The lowest BCUT2D eigenvalue weighted by Crippen LogP contribution is -1.99. The molecule has 1 heterocycles. The van der Waals surface area contributed by atoms with Gasteiger partial charge in [-0.05, 0) is 30.5 Å². The summed E-state index contributed by atoms with van der Waals surface area (Å²) < 4.78 is 13.0. The first kappa shape index (κ1) is 12.0. The zero-order valence-corrected chi connectivity index (χ0v) is 10.4. The van der Waals surface area contributed by atoms with Crippen molar-refractivity contribution >= 4 is 11.7 Å². The van der Waals surface area contributed by atoms with Gasteiger partial charge in [0.2, 0.25) is 0 Å². The lowest BCUT2D eigenvalue weighted by atomic mass is 10.1. The molecule has 0 aliphatic heterocycles. The van der Waals surface area contributed by atoms with Crippen LogP contribution in [-0.4, -0.2) is 21.0 Å². The molecule has 1 atom stereocenters. The fourth-order valence-corrected chi connectivity index (χ4v) is 2.03. The summed E-state index contributed by atoms with van der Waals surface area (Å²) in [5.41, 5.74) is 1.83. The number of hydrogen-bond donors (Lipinski definition) is 1. The van der Waals surface area contributed by atoms with Gasteiger partial charge in [-0.15, -0.1) is 0 Å². The van der Waals surface area contributed by atoms with Crippen molar-refractivity contribution in [2.45, 2.75) is 18.9 Å². The molecule has 0 amide bonds. The number of methoxy groups -OCH3 is 1. The molecule has 4 nitrogen and oxygen atoms in total. The molecule has 0 spiro atoms. The van der Waals surface area contributed by atoms with Crippen molar-refractivity contribution in [3.63, 3.8) is 0 Å². The molecule has 1 unspecified atom stereocenters. The van der Waals surface area contributed by atoms with Crippen LogP contribution in [0.15, 0.2) is 30.5 Å². The van der Waals surface area contributed by atoms with Gasteiger partial charge in [-0.1, -0.05) is 12.1 Å². The van der Waals surface area contributed by atoms with E-state index in [0.717, 1.165) is 23.9 Å². The molecular weight excluding hydrogens is 236 g/mol. The van der Waals surface area contributed by atoms with Crippen LogP contribution in [0.1, 0.15) is 23.8 Å². The number of benzene rings is 1. The number of ether oxygens (including phenoxy) is 1. The van der Waals surface area contributed by atoms with E-state index in [1.165, 1.54) is 5.56 Å². The summed E-state index contributed by atoms with van der Waals surface area (Å²) in [5.74, 6) is 0.845. The van der Waals surface area contributed by atoms with Gasteiger partial charge in [0.05, 0.1) is 31.1 Å². The van der Waals surface area contributed by atoms with E-state index in [4.69, 9.17) is 4.74 Å². The maximum absolute atomic E-state index is 9.85. The van der Waals surface area contributed by atoms with Gasteiger partial charge in [0.15, 0.2) is 0 Å². The van der Waals surface area contributed by atoms with Crippen LogP contribution in [0.25, 0.3) is 0 Å². The summed E-state index contributed by atoms with van der Waals surface area (Å²) in [6, 6.07) is 7.86. The number of rotatable bonds is 5. The monoisotopic (exact) mass is 250 g/mol. The molecule has 0 saturated carbocycles. The largest absolute Gasteiger partial charge is 0.497 e. The van der Waals surface area contributed by atoms with Crippen molar-refractivity contribution in [1.82, 2.24) is 8.75 Å². The van der Waals surface area contributed by atoms with E-state index in [1.807, 2.05) is 24.3 Å². The molecule has 2 aromatic rings. The number of aromatic nitrogens is 2. The Morgan fingerprint density at radius 1 is 1.35 bits per heavy atom. The van der Waals surface area contributed by atoms with Gasteiger partial charge >= 0.3 is 0 Å². The maximum Gasteiger partial charge on any atom is 0.118 e. The maximum atomic E-state index is 9.85. The van der Waals surface area contributed by atoms with Gasteiger partial charge in [-0.3, -0.25) is 0 Å². The Kier molecular flexibility index (Phi) is 4.06. The molecule has 0 fully saturated rings. The zero-order chi connectivity index (χ0) is 12.1. The quantitative estimate of drug-likeness (QED) is 0.884. The van der Waals surface area contributed by atoms with Crippen LogP contribution in [0.4, 0.5) is 0 Å². The summed E-state index contributed by atoms with van der Waals surface area (Å²) in [6.45, 7) is 0. The van der Waals surface area contributed by atoms with Crippen molar-refractivity contribution in [1.29, 1.82) is 0 Å². The number of hydrogen-bond acceptors (Lipinski definition) is 5. The Labute approximate surface area is 104 Å². The molecule has 0 saturated heterocycles. The first-order valence-electron chi connectivity index (χ1n) is 5.38. The standard InChI is InChI=1S/C12H14N2O2S/c1-16-10-5-2-9(3-6-10)4-7-12(15)11-8-13-17-14-11/h2-3,5-6,8,12,15H,4,7H2,1H3. The summed E-state index contributed by atoms with van der Waals surface area (Å²) in [5, 5.41) is 9.85. The molecule has 17 heavy (non-hydrogen) atoms. The summed E-state index contributed by atoms with van der Waals surface area (Å²) in [4.78, 5) is 0. The van der Waals surface area contributed by atoms with Gasteiger partial charge in [0.25, 0.3) is 0 Å². The summed E-state index contributed by atoms with van der Waals surface area (Å²) in [7, 11) is 1.65. The van der Waals surface area contributed by atoms with E-state index < -0.39 is 6.10 Å². The molecule has 5 heteroatoms. The zero-order valence-electron chi connectivity index (χ0n) is 9.54. The molecule has 1 N–H and O–H groups in total. The van der Waals surface area contributed by atoms with Gasteiger partial charge < -0.3 is 9.84 Å². The third kappa shape index (κ3) is 3.25. The van der Waals surface area contributed by atoms with Gasteiger partial charge in [0.1, 0.15) is 11.4 Å². The van der Waals surface area contributed by atoms with Crippen LogP contribution in [0.2, 0.25) is 0 Å². The highest BCUT2D eigenvalue weighted by molar-refractivity contribution is 6.99. The first-order valence-corrected chi connectivity index (χ1v) is 6.11. The number of aliphatic hydroxyl groups is 1. The average Bonchev–Trinajstić information content (AvgIpc) is 2.90. The number of nitrogens with zero attached hydrogens (tertiary/aromatic N) is 2. The van der Waals surface area contributed by atoms with Crippen molar-refractivity contribution in [2.75, 3.05) is 7.11 Å². The minimum Gasteiger partial charge on any atom is -0.497 e. The Morgan fingerprint density at radius 2 is 2.12 bits per heavy atom. The minimum atomic E-state index is -0.532. The second-order valence-corrected chi connectivity index (χ2v) is 4.29.